The monoisotopic (exact) mass is 116 g/mol. The Morgan fingerprint density at radius 3 is 2.00 bits per heavy atom. The van der Waals surface area contributed by atoms with Gasteiger partial charge >= 0.3 is 34.7 Å². The molecule has 0 unspecified atom stereocenters. The van der Waals surface area contributed by atoms with Gasteiger partial charge < -0.3 is 0 Å². The van der Waals surface area contributed by atoms with Crippen molar-refractivity contribution in [2.24, 2.45) is 0 Å². The summed E-state index contributed by atoms with van der Waals surface area (Å²) < 4.78 is 0. The number of hydrogen-bond acceptors (Lipinski definition) is 0. The predicted octanol–water partition coefficient (Wildman–Crippen LogP) is 0.689. The molecule has 0 aromatic carbocycles. The third-order valence-corrected chi connectivity index (χ3v) is 0.775. The summed E-state index contributed by atoms with van der Waals surface area (Å²) >= 11 is 2.36. The Hall–Kier alpha value is 0.298. The second-order valence-corrected chi connectivity index (χ2v) is 1.11. The zero-order chi connectivity index (χ0) is 3.41. The van der Waals surface area contributed by atoms with E-state index in [1.807, 2.05) is 17.9 Å². The van der Waals surface area contributed by atoms with Crippen LogP contribution in [0, 0.1) is 0 Å². The molecule has 0 heterocycles. The third kappa shape index (κ3) is 2.30. The van der Waals surface area contributed by atoms with E-state index >= 15 is 0 Å². The van der Waals surface area contributed by atoms with Crippen LogP contribution >= 0.6 is 0 Å². The van der Waals surface area contributed by atoms with Crippen molar-refractivity contribution in [2.45, 2.75) is 6.92 Å². The summed E-state index contributed by atoms with van der Waals surface area (Å²) in [5, 5.41) is 0. The Bertz CT molecular complexity index is 18.5. The van der Waals surface area contributed by atoms with Crippen molar-refractivity contribution in [3.05, 3.63) is 10.9 Å². The third-order valence-electron chi connectivity index (χ3n) is 0.149. The Kier molecular flexibility index (Phi) is 3.54. The zero-order valence-corrected chi connectivity index (χ0v) is 4.48. The minimum absolute atomic E-state index is 1.94. The van der Waals surface area contributed by atoms with E-state index in [-0.39, 0.29) is 0 Å². The van der Waals surface area contributed by atoms with Crippen LogP contribution in [-0.2, 0) is 0 Å². The Labute approximate surface area is 35.4 Å². The van der Waals surface area contributed by atoms with Crippen LogP contribution < -0.4 is 0 Å². The fourth-order valence-corrected chi connectivity index (χ4v) is 0. The van der Waals surface area contributed by atoms with Gasteiger partial charge in [-0.25, -0.2) is 0 Å². The van der Waals surface area contributed by atoms with E-state index in [9.17, 15) is 0 Å². The normalized spacial score (nSPS) is 9.50. The molecule has 0 bridgehead atoms. The summed E-state index contributed by atoms with van der Waals surface area (Å²) in [5.74, 6) is 0. The van der Waals surface area contributed by atoms with Crippen LogP contribution in [0.15, 0.2) is 10.9 Å². The summed E-state index contributed by atoms with van der Waals surface area (Å²) in [6.45, 7) is 1.98. The quantitative estimate of drug-likeness (QED) is 0.408. The molecule has 4 heavy (non-hydrogen) atoms. The summed E-state index contributed by atoms with van der Waals surface area (Å²) in [7, 11) is 0. The summed E-state index contributed by atoms with van der Waals surface area (Å²) in [4.78, 5) is 1.94. The number of hydrogen-bond donors (Lipinski definition) is 0. The number of allylic oxidation sites excluding steroid dienone is 1. The topological polar surface area (TPSA) is 0 Å². The van der Waals surface area contributed by atoms with Crippen LogP contribution in [0.4, 0.5) is 0 Å². The van der Waals surface area contributed by atoms with Gasteiger partial charge in [-0.1, -0.05) is 0 Å². The van der Waals surface area contributed by atoms with Gasteiger partial charge in [-0.2, -0.15) is 0 Å². The van der Waals surface area contributed by atoms with Crippen molar-refractivity contribution in [3.8, 4) is 0 Å². The van der Waals surface area contributed by atoms with E-state index in [1.54, 1.807) is 0 Å². The second-order valence-electron chi connectivity index (χ2n) is 0.482. The van der Waals surface area contributed by atoms with E-state index < -0.39 is 0 Å². The Balaban J connectivity index is 2.55. The minimum atomic E-state index is 1.94. The molecule has 1 heteroatoms. The second kappa shape index (κ2) is 3.30. The average molecular weight is 116 g/mol. The van der Waals surface area contributed by atoms with E-state index in [4.69, 9.17) is 0 Å². The van der Waals surface area contributed by atoms with Crippen LogP contribution in [0.5, 0.6) is 0 Å². The molecule has 0 spiro atoms. The first-order chi connectivity index (χ1) is 1.91. The molecular formula is C3H5As. The molecule has 0 aliphatic heterocycles. The average Bonchev–Trinajstić information content (AvgIpc) is 1.37. The first-order valence-electron chi connectivity index (χ1n) is 1.17. The van der Waals surface area contributed by atoms with E-state index in [0.717, 1.165) is 0 Å². The molecular weight excluding hydrogens is 111 g/mol. The molecule has 0 fully saturated rings. The van der Waals surface area contributed by atoms with Gasteiger partial charge in [0.1, 0.15) is 0 Å². The van der Waals surface area contributed by atoms with Crippen molar-refractivity contribution < 1.29 is 0 Å². The molecule has 0 N–H and O–H groups in total. The molecule has 0 rings (SSSR count). The van der Waals surface area contributed by atoms with E-state index in [0.29, 0.717) is 0 Å². The van der Waals surface area contributed by atoms with Crippen LogP contribution in [-0.4, -0.2) is 16.9 Å². The van der Waals surface area contributed by atoms with Crippen molar-refractivity contribution >= 4 is 16.9 Å². The van der Waals surface area contributed by atoms with E-state index in [2.05, 4.69) is 16.9 Å². The molecule has 0 amide bonds. The van der Waals surface area contributed by atoms with Gasteiger partial charge in [0.25, 0.3) is 0 Å². The van der Waals surface area contributed by atoms with Gasteiger partial charge in [-0.05, 0) is 0 Å². The van der Waals surface area contributed by atoms with Gasteiger partial charge in [-0.15, -0.1) is 0 Å². The molecule has 0 saturated heterocycles. The van der Waals surface area contributed by atoms with Gasteiger partial charge in [0.05, 0.1) is 0 Å². The fraction of sp³-hybridized carbons (Fsp3) is 0.333. The zero-order valence-electron chi connectivity index (χ0n) is 2.60. The van der Waals surface area contributed by atoms with Crippen molar-refractivity contribution in [1.82, 2.24) is 0 Å². The maximum absolute atomic E-state index is 2.36. The van der Waals surface area contributed by atoms with Gasteiger partial charge in [-0.3, -0.25) is 0 Å². The standard InChI is InChI=1S/C3H5As/c1-2-3-4/h2-3H,1H3/b3-2-. The van der Waals surface area contributed by atoms with Crippen molar-refractivity contribution in [3.63, 3.8) is 0 Å². The molecule has 0 aromatic heterocycles. The molecule has 22 valence electrons. The Morgan fingerprint density at radius 2 is 2.00 bits per heavy atom. The molecule has 0 aliphatic carbocycles. The van der Waals surface area contributed by atoms with Crippen molar-refractivity contribution in [1.29, 1.82) is 0 Å². The van der Waals surface area contributed by atoms with Crippen LogP contribution in [0.1, 0.15) is 6.92 Å². The SMILES string of the molecule is C/C=C\[As]. The van der Waals surface area contributed by atoms with Gasteiger partial charge in [0.15, 0.2) is 0 Å². The molecule has 0 aliphatic rings. The first-order valence-corrected chi connectivity index (χ1v) is 2.25. The number of rotatable bonds is 0. The molecule has 0 nitrogen and oxygen atoms in total. The summed E-state index contributed by atoms with van der Waals surface area (Å²) in [6.07, 6.45) is 1.97. The molecule has 2 radical (unpaired) electrons. The van der Waals surface area contributed by atoms with Gasteiger partial charge in [0.2, 0.25) is 0 Å². The summed E-state index contributed by atoms with van der Waals surface area (Å²) in [6, 6.07) is 0. The fourth-order valence-electron chi connectivity index (χ4n) is 0. The Morgan fingerprint density at radius 1 is 1.75 bits per heavy atom. The van der Waals surface area contributed by atoms with Crippen LogP contribution in [0.25, 0.3) is 0 Å². The predicted molar refractivity (Wildman–Crippen MR) is 20.6 cm³/mol. The molecule has 0 saturated carbocycles. The van der Waals surface area contributed by atoms with E-state index in [1.165, 1.54) is 0 Å². The summed E-state index contributed by atoms with van der Waals surface area (Å²) in [5.41, 5.74) is 0. The molecule has 0 aromatic rings. The van der Waals surface area contributed by atoms with Crippen molar-refractivity contribution in [2.75, 3.05) is 0 Å². The first kappa shape index (κ1) is 4.30. The maximum atomic E-state index is 2.36. The van der Waals surface area contributed by atoms with Gasteiger partial charge in [0, 0.05) is 0 Å². The molecule has 0 atom stereocenters. The van der Waals surface area contributed by atoms with Crippen LogP contribution in [0.3, 0.4) is 0 Å². The van der Waals surface area contributed by atoms with Crippen LogP contribution in [0.2, 0.25) is 0 Å².